The molecule has 0 aliphatic carbocycles. The molecule has 2 atom stereocenters. The summed E-state index contributed by atoms with van der Waals surface area (Å²) in [7, 11) is 0. The zero-order valence-electron chi connectivity index (χ0n) is 17.4. The fourth-order valence-electron chi connectivity index (χ4n) is 4.29. The minimum Gasteiger partial charge on any atom is -0.448 e. The average molecular weight is 422 g/mol. The van der Waals surface area contributed by atoms with Crippen LogP contribution in [0.2, 0.25) is 0 Å². The first-order valence-corrected chi connectivity index (χ1v) is 11.6. The van der Waals surface area contributed by atoms with E-state index < -0.39 is 12.1 Å². The number of fused-ring (bicyclic) bond motifs is 1. The second-order valence-corrected chi connectivity index (χ2v) is 8.91. The van der Waals surface area contributed by atoms with Gasteiger partial charge in [-0.15, -0.1) is 11.8 Å². The van der Waals surface area contributed by atoms with Gasteiger partial charge in [0.1, 0.15) is 5.70 Å². The number of hydrogen-bond acceptors (Lipinski definition) is 4. The van der Waals surface area contributed by atoms with Gasteiger partial charge in [0.15, 0.2) is 6.10 Å². The van der Waals surface area contributed by atoms with E-state index in [2.05, 4.69) is 6.92 Å². The number of benzene rings is 2. The predicted octanol–water partition coefficient (Wildman–Crippen LogP) is 5.31. The lowest BCUT2D eigenvalue weighted by Gasteiger charge is -2.43. The van der Waals surface area contributed by atoms with Crippen LogP contribution < -0.4 is 0 Å². The monoisotopic (exact) mass is 421 g/mol. The van der Waals surface area contributed by atoms with Crippen LogP contribution in [0.4, 0.5) is 0 Å². The van der Waals surface area contributed by atoms with Crippen molar-refractivity contribution in [2.24, 2.45) is 5.92 Å². The van der Waals surface area contributed by atoms with Gasteiger partial charge in [-0.2, -0.15) is 0 Å². The van der Waals surface area contributed by atoms with Crippen molar-refractivity contribution in [3.8, 4) is 0 Å². The summed E-state index contributed by atoms with van der Waals surface area (Å²) in [6, 6.07) is 19.6. The summed E-state index contributed by atoms with van der Waals surface area (Å²) in [5.74, 6) is 0.596. The number of β-lactam (4-membered cyclic amide) rings is 1. The van der Waals surface area contributed by atoms with Crippen molar-refractivity contribution in [1.29, 1.82) is 0 Å². The van der Waals surface area contributed by atoms with E-state index in [0.29, 0.717) is 5.70 Å². The zero-order valence-corrected chi connectivity index (χ0v) is 18.2. The molecule has 2 aliphatic heterocycles. The van der Waals surface area contributed by atoms with Crippen LogP contribution in [0.1, 0.15) is 50.3 Å². The van der Waals surface area contributed by atoms with E-state index in [1.807, 2.05) is 67.6 Å². The van der Waals surface area contributed by atoms with Crippen molar-refractivity contribution in [2.75, 3.05) is 5.75 Å². The second-order valence-electron chi connectivity index (χ2n) is 7.72. The summed E-state index contributed by atoms with van der Waals surface area (Å²) in [5.41, 5.74) is 2.29. The number of carbonyl (C=O) groups excluding carboxylic acids is 2. The number of hydrogen-bond donors (Lipinski definition) is 0. The maximum atomic E-state index is 13.4. The van der Waals surface area contributed by atoms with Crippen LogP contribution in [0.15, 0.2) is 71.3 Å². The maximum Gasteiger partial charge on any atom is 0.356 e. The van der Waals surface area contributed by atoms with Crippen molar-refractivity contribution in [1.82, 2.24) is 4.90 Å². The first kappa shape index (κ1) is 20.7. The first-order valence-electron chi connectivity index (χ1n) is 10.7. The van der Waals surface area contributed by atoms with Crippen LogP contribution in [0.3, 0.4) is 0 Å². The van der Waals surface area contributed by atoms with Crippen LogP contribution in [0.5, 0.6) is 0 Å². The Hall–Kier alpha value is -2.53. The normalized spacial score (nSPS) is 20.4. The SMILES string of the molecule is CCCSC1=C(C(=O)OC(c2ccccc2)c2ccccc2)N2C(=O)C(CC)C2C1. The largest absolute Gasteiger partial charge is 0.448 e. The van der Waals surface area contributed by atoms with E-state index in [4.69, 9.17) is 4.74 Å². The molecule has 4 nitrogen and oxygen atoms in total. The quantitative estimate of drug-likeness (QED) is 0.428. The second kappa shape index (κ2) is 9.09. The average Bonchev–Trinajstić information content (AvgIpc) is 3.12. The molecule has 2 aliphatic rings. The van der Waals surface area contributed by atoms with Gasteiger partial charge in [0.2, 0.25) is 5.91 Å². The molecule has 0 saturated carbocycles. The van der Waals surface area contributed by atoms with Crippen LogP contribution in [-0.2, 0) is 14.3 Å². The Morgan fingerprint density at radius 2 is 1.67 bits per heavy atom. The Bertz CT molecular complexity index is 902. The Kier molecular flexibility index (Phi) is 6.28. The standard InChI is InChI=1S/C25H27NO3S/c1-3-15-30-21-16-20-19(4-2)24(27)26(20)22(21)25(28)29-23(17-11-7-5-8-12-17)18-13-9-6-10-14-18/h5-14,19-20,23H,3-4,15-16H2,1-2H3. The van der Waals surface area contributed by atoms with Crippen LogP contribution in [0.25, 0.3) is 0 Å². The molecule has 1 amide bonds. The van der Waals surface area contributed by atoms with E-state index in [1.165, 1.54) is 0 Å². The third-order valence-electron chi connectivity index (χ3n) is 5.79. The first-order chi connectivity index (χ1) is 14.7. The van der Waals surface area contributed by atoms with Crippen molar-refractivity contribution >= 4 is 23.6 Å². The van der Waals surface area contributed by atoms with E-state index in [9.17, 15) is 9.59 Å². The summed E-state index contributed by atoms with van der Waals surface area (Å²) >= 11 is 1.69. The highest BCUT2D eigenvalue weighted by molar-refractivity contribution is 8.03. The minimum absolute atomic E-state index is 0.0200. The molecule has 1 fully saturated rings. The molecular formula is C25H27NO3S. The molecule has 0 N–H and O–H groups in total. The van der Waals surface area contributed by atoms with Gasteiger partial charge in [0, 0.05) is 11.3 Å². The Morgan fingerprint density at radius 1 is 1.07 bits per heavy atom. The van der Waals surface area contributed by atoms with Crippen molar-refractivity contribution in [2.45, 2.75) is 45.3 Å². The van der Waals surface area contributed by atoms with E-state index in [1.54, 1.807) is 16.7 Å². The molecule has 2 unspecified atom stereocenters. The fraction of sp³-hybridized carbons (Fsp3) is 0.360. The maximum absolute atomic E-state index is 13.4. The summed E-state index contributed by atoms with van der Waals surface area (Å²) in [4.78, 5) is 28.8. The summed E-state index contributed by atoms with van der Waals surface area (Å²) in [5, 5.41) is 0. The molecule has 0 aromatic heterocycles. The van der Waals surface area contributed by atoms with Crippen molar-refractivity contribution < 1.29 is 14.3 Å². The molecule has 5 heteroatoms. The highest BCUT2D eigenvalue weighted by Crippen LogP contribution is 2.47. The van der Waals surface area contributed by atoms with Gasteiger partial charge in [0.05, 0.1) is 12.0 Å². The summed E-state index contributed by atoms with van der Waals surface area (Å²) in [6.07, 6.45) is 2.08. The van der Waals surface area contributed by atoms with E-state index in [-0.39, 0.29) is 17.9 Å². The number of thioether (sulfide) groups is 1. The van der Waals surface area contributed by atoms with Gasteiger partial charge in [-0.05, 0) is 29.7 Å². The smallest absolute Gasteiger partial charge is 0.356 e. The third-order valence-corrected chi connectivity index (χ3v) is 7.11. The molecule has 2 aromatic carbocycles. The van der Waals surface area contributed by atoms with Crippen molar-refractivity contribution in [3.05, 3.63) is 82.4 Å². The summed E-state index contributed by atoms with van der Waals surface area (Å²) < 4.78 is 6.08. The van der Waals surface area contributed by atoms with Gasteiger partial charge in [-0.1, -0.05) is 74.5 Å². The van der Waals surface area contributed by atoms with Crippen LogP contribution in [0, 0.1) is 5.92 Å². The highest BCUT2D eigenvalue weighted by Gasteiger charge is 2.54. The van der Waals surface area contributed by atoms with Crippen LogP contribution >= 0.6 is 11.8 Å². The molecule has 0 spiro atoms. The number of rotatable bonds is 8. The molecular weight excluding hydrogens is 394 g/mol. The fourth-order valence-corrected chi connectivity index (χ4v) is 5.35. The predicted molar refractivity (Wildman–Crippen MR) is 120 cm³/mol. The number of carbonyl (C=O) groups is 2. The number of nitrogens with zero attached hydrogens (tertiary/aromatic N) is 1. The Balaban J connectivity index is 1.64. The number of ether oxygens (including phenoxy) is 1. The Labute approximate surface area is 182 Å². The van der Waals surface area contributed by atoms with Gasteiger partial charge in [-0.3, -0.25) is 4.79 Å². The molecule has 2 heterocycles. The van der Waals surface area contributed by atoms with Crippen molar-refractivity contribution in [3.63, 3.8) is 0 Å². The van der Waals surface area contributed by atoms with Gasteiger partial charge < -0.3 is 9.64 Å². The molecule has 2 aromatic rings. The topological polar surface area (TPSA) is 46.6 Å². The lowest BCUT2D eigenvalue weighted by molar-refractivity contribution is -0.158. The number of esters is 1. The van der Waals surface area contributed by atoms with E-state index in [0.717, 1.165) is 41.0 Å². The zero-order chi connectivity index (χ0) is 21.1. The van der Waals surface area contributed by atoms with Gasteiger partial charge in [0.25, 0.3) is 0 Å². The van der Waals surface area contributed by atoms with Gasteiger partial charge in [-0.25, -0.2) is 4.79 Å². The molecule has 1 saturated heterocycles. The van der Waals surface area contributed by atoms with E-state index >= 15 is 0 Å². The molecule has 0 radical (unpaired) electrons. The number of amides is 1. The Morgan fingerprint density at radius 3 is 2.20 bits per heavy atom. The molecule has 0 bridgehead atoms. The van der Waals surface area contributed by atoms with Gasteiger partial charge >= 0.3 is 5.97 Å². The molecule has 4 rings (SSSR count). The molecule has 156 valence electrons. The summed E-state index contributed by atoms with van der Waals surface area (Å²) in [6.45, 7) is 4.16. The third kappa shape index (κ3) is 3.79. The lowest BCUT2D eigenvalue weighted by Crippen LogP contribution is -2.58. The lowest BCUT2D eigenvalue weighted by atomic mass is 9.85. The molecule has 30 heavy (non-hydrogen) atoms. The highest BCUT2D eigenvalue weighted by atomic mass is 32.2. The van der Waals surface area contributed by atoms with Crippen LogP contribution in [-0.4, -0.2) is 28.6 Å². The minimum atomic E-state index is -0.512.